The first-order valence-electron chi connectivity index (χ1n) is 8.74. The Morgan fingerprint density at radius 2 is 2.25 bits per heavy atom. The van der Waals surface area contributed by atoms with Gasteiger partial charge in [-0.1, -0.05) is 12.1 Å². The summed E-state index contributed by atoms with van der Waals surface area (Å²) in [4.78, 5) is 14.8. The van der Waals surface area contributed by atoms with E-state index in [9.17, 15) is 9.90 Å². The molecule has 1 aromatic rings. The highest BCUT2D eigenvalue weighted by Gasteiger charge is 2.29. The van der Waals surface area contributed by atoms with E-state index in [2.05, 4.69) is 21.6 Å². The van der Waals surface area contributed by atoms with Crippen LogP contribution in [0.5, 0.6) is 5.75 Å². The van der Waals surface area contributed by atoms with Crippen molar-refractivity contribution in [1.82, 2.24) is 15.5 Å². The first-order valence-corrected chi connectivity index (χ1v) is 8.74. The molecule has 3 N–H and O–H groups in total. The van der Waals surface area contributed by atoms with Gasteiger partial charge in [0.05, 0.1) is 25.3 Å². The number of nitrogens with zero attached hydrogens (tertiary/aromatic N) is 1. The van der Waals surface area contributed by atoms with Gasteiger partial charge in [-0.05, 0) is 50.0 Å². The quantitative estimate of drug-likeness (QED) is 0.714. The molecule has 2 fully saturated rings. The summed E-state index contributed by atoms with van der Waals surface area (Å²) in [5.41, 5.74) is 1.16. The van der Waals surface area contributed by atoms with Crippen LogP contribution >= 0.6 is 0 Å². The van der Waals surface area contributed by atoms with Crippen LogP contribution in [-0.2, 0) is 4.79 Å². The van der Waals surface area contributed by atoms with Gasteiger partial charge in [0.2, 0.25) is 5.91 Å². The van der Waals surface area contributed by atoms with E-state index in [1.807, 2.05) is 18.2 Å². The van der Waals surface area contributed by atoms with Crippen LogP contribution in [0.1, 0.15) is 30.9 Å². The fourth-order valence-electron chi connectivity index (χ4n) is 3.60. The maximum Gasteiger partial charge on any atom is 0.237 e. The lowest BCUT2D eigenvalue weighted by Crippen LogP contribution is -2.44. The number of likely N-dealkylation sites (tertiary alicyclic amines) is 1. The van der Waals surface area contributed by atoms with Crippen molar-refractivity contribution in [3.63, 3.8) is 0 Å². The van der Waals surface area contributed by atoms with Crippen molar-refractivity contribution >= 4 is 5.91 Å². The molecule has 1 amide bonds. The summed E-state index contributed by atoms with van der Waals surface area (Å²) in [6.45, 7) is 3.17. The van der Waals surface area contributed by atoms with Crippen LogP contribution in [0.4, 0.5) is 0 Å². The Morgan fingerprint density at radius 3 is 2.92 bits per heavy atom. The molecule has 0 spiro atoms. The van der Waals surface area contributed by atoms with Crippen LogP contribution < -0.4 is 15.4 Å². The molecule has 3 atom stereocenters. The van der Waals surface area contributed by atoms with Crippen molar-refractivity contribution in [2.75, 3.05) is 33.3 Å². The minimum absolute atomic E-state index is 0.0290. The van der Waals surface area contributed by atoms with E-state index in [-0.39, 0.29) is 18.0 Å². The standard InChI is InChI=1S/C18H27N3O3/c1-24-15-6-4-5-13(9-15)17(21-7-2-3-8-21)12-20-18(23)16-10-14(22)11-19-16/h4-6,9,14,16-17,19,22H,2-3,7-8,10-12H2,1H3,(H,20,23). The summed E-state index contributed by atoms with van der Waals surface area (Å²) in [5.74, 6) is 0.808. The number of benzene rings is 1. The Bertz CT molecular complexity index is 560. The molecule has 0 radical (unpaired) electrons. The predicted molar refractivity (Wildman–Crippen MR) is 92.0 cm³/mol. The van der Waals surface area contributed by atoms with E-state index >= 15 is 0 Å². The van der Waals surface area contributed by atoms with Crippen molar-refractivity contribution in [3.8, 4) is 5.75 Å². The van der Waals surface area contributed by atoms with Crippen LogP contribution in [0.3, 0.4) is 0 Å². The first kappa shape index (κ1) is 17.2. The summed E-state index contributed by atoms with van der Waals surface area (Å²) in [5, 5.41) is 15.7. The fourth-order valence-corrected chi connectivity index (χ4v) is 3.60. The Morgan fingerprint density at radius 1 is 1.46 bits per heavy atom. The average Bonchev–Trinajstić information content (AvgIpc) is 3.27. The number of carbonyl (C=O) groups is 1. The van der Waals surface area contributed by atoms with Crippen molar-refractivity contribution in [2.45, 2.75) is 37.5 Å². The number of rotatable bonds is 6. The summed E-state index contributed by atoms with van der Waals surface area (Å²) in [6, 6.07) is 7.94. The predicted octanol–water partition coefficient (Wildman–Crippen LogP) is 0.671. The topological polar surface area (TPSA) is 73.8 Å². The monoisotopic (exact) mass is 333 g/mol. The number of aliphatic hydroxyl groups excluding tert-OH is 1. The van der Waals surface area contributed by atoms with Gasteiger partial charge < -0.3 is 20.5 Å². The Balaban J connectivity index is 1.67. The third-order valence-electron chi connectivity index (χ3n) is 4.95. The molecule has 2 heterocycles. The second-order valence-electron chi connectivity index (χ2n) is 6.63. The first-order chi connectivity index (χ1) is 11.7. The highest BCUT2D eigenvalue weighted by Crippen LogP contribution is 2.27. The molecule has 0 saturated carbocycles. The highest BCUT2D eigenvalue weighted by atomic mass is 16.5. The Kier molecular flexibility index (Phi) is 5.71. The van der Waals surface area contributed by atoms with Crippen LogP contribution in [0.25, 0.3) is 0 Å². The van der Waals surface area contributed by atoms with Gasteiger partial charge in [0, 0.05) is 13.1 Å². The number of amides is 1. The SMILES string of the molecule is COc1cccc(C(CNC(=O)C2CC(O)CN2)N2CCCC2)c1. The molecule has 2 aliphatic heterocycles. The summed E-state index contributed by atoms with van der Waals surface area (Å²) in [6.07, 6.45) is 2.46. The number of nitrogens with one attached hydrogen (secondary N) is 2. The third-order valence-corrected chi connectivity index (χ3v) is 4.95. The van der Waals surface area contributed by atoms with Crippen LogP contribution in [0.2, 0.25) is 0 Å². The molecule has 3 rings (SSSR count). The molecule has 6 heteroatoms. The second kappa shape index (κ2) is 7.96. The minimum atomic E-state index is -0.423. The molecular weight excluding hydrogens is 306 g/mol. The number of β-amino-alcohol motifs (C(OH)–C–C–N with tert-alkyl or cyclic N) is 1. The average molecular weight is 333 g/mol. The number of methoxy groups -OCH3 is 1. The van der Waals surface area contributed by atoms with Gasteiger partial charge in [0.15, 0.2) is 0 Å². The van der Waals surface area contributed by atoms with Crippen molar-refractivity contribution in [3.05, 3.63) is 29.8 Å². The number of hydrogen-bond donors (Lipinski definition) is 3. The molecule has 3 unspecified atom stereocenters. The van der Waals surface area contributed by atoms with Crippen LogP contribution in [0, 0.1) is 0 Å². The number of aliphatic hydroxyl groups is 1. The number of hydrogen-bond acceptors (Lipinski definition) is 5. The normalized spacial score (nSPS) is 25.6. The molecular formula is C18H27N3O3. The molecule has 2 aliphatic rings. The van der Waals surface area contributed by atoms with E-state index < -0.39 is 6.10 Å². The van der Waals surface area contributed by atoms with Gasteiger partial charge in [-0.15, -0.1) is 0 Å². The lowest BCUT2D eigenvalue weighted by molar-refractivity contribution is -0.123. The lowest BCUT2D eigenvalue weighted by atomic mass is 10.0. The van der Waals surface area contributed by atoms with Crippen molar-refractivity contribution in [2.24, 2.45) is 0 Å². The van der Waals surface area contributed by atoms with E-state index in [0.29, 0.717) is 19.5 Å². The summed E-state index contributed by atoms with van der Waals surface area (Å²) < 4.78 is 5.34. The molecule has 2 saturated heterocycles. The molecule has 24 heavy (non-hydrogen) atoms. The summed E-state index contributed by atoms with van der Waals surface area (Å²) >= 11 is 0. The van der Waals surface area contributed by atoms with E-state index in [4.69, 9.17) is 4.74 Å². The lowest BCUT2D eigenvalue weighted by Gasteiger charge is -2.29. The van der Waals surface area contributed by atoms with Crippen LogP contribution in [-0.4, -0.2) is 61.3 Å². The maximum atomic E-state index is 12.3. The van der Waals surface area contributed by atoms with Gasteiger partial charge in [-0.2, -0.15) is 0 Å². The second-order valence-corrected chi connectivity index (χ2v) is 6.63. The smallest absolute Gasteiger partial charge is 0.237 e. The third kappa shape index (κ3) is 4.06. The number of ether oxygens (including phenoxy) is 1. The molecule has 0 bridgehead atoms. The molecule has 0 aliphatic carbocycles. The molecule has 1 aromatic carbocycles. The van der Waals surface area contributed by atoms with Gasteiger partial charge in [0.1, 0.15) is 5.75 Å². The molecule has 6 nitrogen and oxygen atoms in total. The van der Waals surface area contributed by atoms with Gasteiger partial charge in [-0.3, -0.25) is 9.69 Å². The van der Waals surface area contributed by atoms with Crippen LogP contribution in [0.15, 0.2) is 24.3 Å². The van der Waals surface area contributed by atoms with Crippen molar-refractivity contribution in [1.29, 1.82) is 0 Å². The fraction of sp³-hybridized carbons (Fsp3) is 0.611. The Labute approximate surface area is 143 Å². The van der Waals surface area contributed by atoms with E-state index in [1.165, 1.54) is 12.8 Å². The molecule has 0 aromatic heterocycles. The van der Waals surface area contributed by atoms with Gasteiger partial charge in [-0.25, -0.2) is 0 Å². The maximum absolute atomic E-state index is 12.3. The largest absolute Gasteiger partial charge is 0.497 e. The van der Waals surface area contributed by atoms with Gasteiger partial charge in [0.25, 0.3) is 0 Å². The zero-order valence-electron chi connectivity index (χ0n) is 14.2. The minimum Gasteiger partial charge on any atom is -0.497 e. The highest BCUT2D eigenvalue weighted by molar-refractivity contribution is 5.82. The van der Waals surface area contributed by atoms with Gasteiger partial charge >= 0.3 is 0 Å². The van der Waals surface area contributed by atoms with Crippen molar-refractivity contribution < 1.29 is 14.6 Å². The zero-order valence-corrected chi connectivity index (χ0v) is 14.2. The zero-order chi connectivity index (χ0) is 16.9. The Hall–Kier alpha value is -1.63. The molecule has 132 valence electrons. The van der Waals surface area contributed by atoms with E-state index in [0.717, 1.165) is 24.4 Å². The number of carbonyl (C=O) groups excluding carboxylic acids is 1. The summed E-state index contributed by atoms with van der Waals surface area (Å²) in [7, 11) is 1.67. The van der Waals surface area contributed by atoms with E-state index in [1.54, 1.807) is 7.11 Å².